The molecule has 0 saturated heterocycles. The molecule has 0 atom stereocenters. The normalized spacial score (nSPS) is 17.5. The van der Waals surface area contributed by atoms with Gasteiger partial charge in [0.2, 0.25) is 11.8 Å². The van der Waals surface area contributed by atoms with Gasteiger partial charge in [0, 0.05) is 12.5 Å². The molecule has 1 aromatic rings. The van der Waals surface area contributed by atoms with Gasteiger partial charge in [-0.25, -0.2) is 0 Å². The standard InChI is InChI=1S/C14H25N3O/c1-11(2)15-10-14-17-16-13(18-14)9-8-12-6-4-3-5-7-12/h11-12,15H,3-10H2,1-2H3. The molecule has 0 unspecified atom stereocenters. The summed E-state index contributed by atoms with van der Waals surface area (Å²) in [7, 11) is 0. The third kappa shape index (κ3) is 4.41. The molecule has 0 spiro atoms. The lowest BCUT2D eigenvalue weighted by Gasteiger charge is -2.20. The van der Waals surface area contributed by atoms with Crippen LogP contribution in [-0.2, 0) is 13.0 Å². The summed E-state index contributed by atoms with van der Waals surface area (Å²) in [6.07, 6.45) is 9.14. The molecule has 1 aromatic heterocycles. The first kappa shape index (κ1) is 13.5. The molecular formula is C14H25N3O. The number of aryl methyl sites for hydroxylation is 1. The highest BCUT2D eigenvalue weighted by Crippen LogP contribution is 2.27. The van der Waals surface area contributed by atoms with Crippen molar-refractivity contribution in [2.45, 2.75) is 71.4 Å². The Morgan fingerprint density at radius 2 is 1.89 bits per heavy atom. The molecular weight excluding hydrogens is 226 g/mol. The second-order valence-electron chi connectivity index (χ2n) is 5.67. The minimum atomic E-state index is 0.447. The maximum absolute atomic E-state index is 5.64. The maximum atomic E-state index is 5.64. The molecule has 1 saturated carbocycles. The molecule has 0 amide bonds. The van der Waals surface area contributed by atoms with Gasteiger partial charge in [-0.2, -0.15) is 0 Å². The average Bonchev–Trinajstić information content (AvgIpc) is 2.83. The molecule has 0 aromatic carbocycles. The van der Waals surface area contributed by atoms with E-state index in [4.69, 9.17) is 4.42 Å². The zero-order valence-electron chi connectivity index (χ0n) is 11.6. The van der Waals surface area contributed by atoms with Gasteiger partial charge < -0.3 is 9.73 Å². The Hall–Kier alpha value is -0.900. The lowest BCUT2D eigenvalue weighted by Crippen LogP contribution is -2.21. The molecule has 1 heterocycles. The van der Waals surface area contributed by atoms with E-state index in [0.29, 0.717) is 18.5 Å². The fourth-order valence-electron chi connectivity index (χ4n) is 2.56. The summed E-state index contributed by atoms with van der Waals surface area (Å²) in [5.41, 5.74) is 0. The molecule has 18 heavy (non-hydrogen) atoms. The lowest BCUT2D eigenvalue weighted by molar-refractivity contribution is 0.325. The lowest BCUT2D eigenvalue weighted by atomic mass is 9.86. The van der Waals surface area contributed by atoms with Gasteiger partial charge in [0.25, 0.3) is 0 Å². The summed E-state index contributed by atoms with van der Waals surface area (Å²) in [6.45, 7) is 4.90. The molecule has 1 aliphatic rings. The van der Waals surface area contributed by atoms with Crippen LogP contribution in [0.15, 0.2) is 4.42 Å². The third-order valence-electron chi connectivity index (χ3n) is 3.66. The Morgan fingerprint density at radius 1 is 1.17 bits per heavy atom. The van der Waals surface area contributed by atoms with E-state index in [1.807, 2.05) is 0 Å². The van der Waals surface area contributed by atoms with E-state index >= 15 is 0 Å². The molecule has 1 N–H and O–H groups in total. The predicted molar refractivity (Wildman–Crippen MR) is 71.2 cm³/mol. The summed E-state index contributed by atoms with van der Waals surface area (Å²) >= 11 is 0. The highest BCUT2D eigenvalue weighted by molar-refractivity contribution is 4.83. The van der Waals surface area contributed by atoms with E-state index in [2.05, 4.69) is 29.4 Å². The van der Waals surface area contributed by atoms with Gasteiger partial charge in [0.15, 0.2) is 0 Å². The van der Waals surface area contributed by atoms with Crippen molar-refractivity contribution in [2.75, 3.05) is 0 Å². The van der Waals surface area contributed by atoms with E-state index in [9.17, 15) is 0 Å². The summed E-state index contributed by atoms with van der Waals surface area (Å²) in [4.78, 5) is 0. The quantitative estimate of drug-likeness (QED) is 0.844. The zero-order valence-corrected chi connectivity index (χ0v) is 11.6. The molecule has 102 valence electrons. The van der Waals surface area contributed by atoms with Crippen molar-refractivity contribution >= 4 is 0 Å². The van der Waals surface area contributed by atoms with Crippen LogP contribution in [0.25, 0.3) is 0 Å². The largest absolute Gasteiger partial charge is 0.424 e. The molecule has 1 aliphatic carbocycles. The summed E-state index contributed by atoms with van der Waals surface area (Å²) in [5.74, 6) is 2.39. The highest BCUT2D eigenvalue weighted by Gasteiger charge is 2.15. The van der Waals surface area contributed by atoms with Gasteiger partial charge in [-0.15, -0.1) is 10.2 Å². The SMILES string of the molecule is CC(C)NCc1nnc(CCC2CCCCC2)o1. The molecule has 4 nitrogen and oxygen atoms in total. The molecule has 2 rings (SSSR count). The van der Waals surface area contributed by atoms with Crippen LogP contribution in [0.1, 0.15) is 64.2 Å². The fraction of sp³-hybridized carbons (Fsp3) is 0.857. The van der Waals surface area contributed by atoms with Crippen molar-refractivity contribution < 1.29 is 4.42 Å². The van der Waals surface area contributed by atoms with Crippen LogP contribution in [0.2, 0.25) is 0 Å². The first-order valence-corrected chi connectivity index (χ1v) is 7.28. The van der Waals surface area contributed by atoms with Gasteiger partial charge >= 0.3 is 0 Å². The Morgan fingerprint density at radius 3 is 2.61 bits per heavy atom. The second-order valence-corrected chi connectivity index (χ2v) is 5.67. The van der Waals surface area contributed by atoms with Crippen molar-refractivity contribution in [1.29, 1.82) is 0 Å². The average molecular weight is 251 g/mol. The van der Waals surface area contributed by atoms with Crippen LogP contribution in [0.5, 0.6) is 0 Å². The summed E-state index contributed by atoms with van der Waals surface area (Å²) in [6, 6.07) is 0.447. The van der Waals surface area contributed by atoms with Crippen molar-refractivity contribution in [3.63, 3.8) is 0 Å². The fourth-order valence-corrected chi connectivity index (χ4v) is 2.56. The molecule has 0 aliphatic heterocycles. The van der Waals surface area contributed by atoms with Crippen molar-refractivity contribution in [3.05, 3.63) is 11.8 Å². The van der Waals surface area contributed by atoms with Crippen LogP contribution < -0.4 is 5.32 Å². The van der Waals surface area contributed by atoms with Gasteiger partial charge in [0.05, 0.1) is 6.54 Å². The first-order chi connectivity index (χ1) is 8.74. The van der Waals surface area contributed by atoms with E-state index < -0.39 is 0 Å². The van der Waals surface area contributed by atoms with Gasteiger partial charge in [-0.3, -0.25) is 0 Å². The molecule has 4 heteroatoms. The number of hydrogen-bond acceptors (Lipinski definition) is 4. The smallest absolute Gasteiger partial charge is 0.230 e. The third-order valence-corrected chi connectivity index (χ3v) is 3.66. The van der Waals surface area contributed by atoms with Crippen molar-refractivity contribution in [1.82, 2.24) is 15.5 Å². The van der Waals surface area contributed by atoms with Crippen molar-refractivity contribution in [3.8, 4) is 0 Å². The number of hydrogen-bond donors (Lipinski definition) is 1. The van der Waals surface area contributed by atoms with E-state index in [1.54, 1.807) is 0 Å². The zero-order chi connectivity index (χ0) is 12.8. The number of nitrogens with zero attached hydrogens (tertiary/aromatic N) is 2. The Kier molecular flexibility index (Phi) is 5.17. The van der Waals surface area contributed by atoms with E-state index in [-0.39, 0.29) is 0 Å². The van der Waals surface area contributed by atoms with E-state index in [0.717, 1.165) is 18.2 Å². The Labute approximate surface area is 110 Å². The minimum absolute atomic E-state index is 0.447. The van der Waals surface area contributed by atoms with Gasteiger partial charge in [-0.05, 0) is 12.3 Å². The summed E-state index contributed by atoms with van der Waals surface area (Å²) < 4.78 is 5.64. The monoisotopic (exact) mass is 251 g/mol. The van der Waals surface area contributed by atoms with Crippen LogP contribution in [-0.4, -0.2) is 16.2 Å². The first-order valence-electron chi connectivity index (χ1n) is 7.28. The second kappa shape index (κ2) is 6.88. The maximum Gasteiger partial charge on any atom is 0.230 e. The molecule has 0 bridgehead atoms. The van der Waals surface area contributed by atoms with E-state index in [1.165, 1.54) is 38.5 Å². The van der Waals surface area contributed by atoms with Crippen molar-refractivity contribution in [2.24, 2.45) is 5.92 Å². The number of aromatic nitrogens is 2. The highest BCUT2D eigenvalue weighted by atomic mass is 16.4. The minimum Gasteiger partial charge on any atom is -0.424 e. The van der Waals surface area contributed by atoms with Crippen LogP contribution in [0.4, 0.5) is 0 Å². The predicted octanol–water partition coefficient (Wildman–Crippen LogP) is 3.08. The van der Waals surface area contributed by atoms with Crippen LogP contribution in [0.3, 0.4) is 0 Å². The molecule has 0 radical (unpaired) electrons. The van der Waals surface area contributed by atoms with Crippen LogP contribution in [0, 0.1) is 5.92 Å². The van der Waals surface area contributed by atoms with Crippen LogP contribution >= 0.6 is 0 Å². The Bertz CT molecular complexity index is 343. The van der Waals surface area contributed by atoms with Gasteiger partial charge in [0.1, 0.15) is 0 Å². The van der Waals surface area contributed by atoms with Gasteiger partial charge in [-0.1, -0.05) is 46.0 Å². The summed E-state index contributed by atoms with van der Waals surface area (Å²) in [5, 5.41) is 11.5. The number of nitrogens with one attached hydrogen (secondary N) is 1. The molecule has 1 fully saturated rings. The topological polar surface area (TPSA) is 51.0 Å². The number of rotatable bonds is 6. The Balaban J connectivity index is 1.72.